The van der Waals surface area contributed by atoms with Crippen molar-refractivity contribution >= 4 is 17.4 Å². The van der Waals surface area contributed by atoms with Gasteiger partial charge in [0.15, 0.2) is 5.82 Å². The molecule has 0 unspecified atom stereocenters. The van der Waals surface area contributed by atoms with Crippen LogP contribution in [0.15, 0.2) is 6.33 Å². The molecule has 0 aliphatic heterocycles. The lowest BCUT2D eigenvalue weighted by Crippen LogP contribution is -2.37. The number of anilines is 2. The average molecular weight is 267 g/mol. The van der Waals surface area contributed by atoms with Crippen molar-refractivity contribution in [3.8, 4) is 5.88 Å². The van der Waals surface area contributed by atoms with Crippen molar-refractivity contribution in [1.82, 2.24) is 9.97 Å². The summed E-state index contributed by atoms with van der Waals surface area (Å²) in [6.45, 7) is 7.57. The van der Waals surface area contributed by atoms with Gasteiger partial charge in [-0.3, -0.25) is 4.79 Å². The van der Waals surface area contributed by atoms with Crippen molar-refractivity contribution in [2.24, 2.45) is 11.1 Å². The van der Waals surface area contributed by atoms with Crippen LogP contribution in [0, 0.1) is 5.41 Å². The highest BCUT2D eigenvalue weighted by Crippen LogP contribution is 2.26. The number of carbonyl (C=O) groups excluding carboxylic acids is 1. The van der Waals surface area contributed by atoms with Gasteiger partial charge < -0.3 is 21.5 Å². The Morgan fingerprint density at radius 2 is 2.11 bits per heavy atom. The number of nitrogens with two attached hydrogens (primary N) is 2. The van der Waals surface area contributed by atoms with Gasteiger partial charge in [-0.05, 0) is 27.7 Å². The van der Waals surface area contributed by atoms with Gasteiger partial charge in [0, 0.05) is 6.54 Å². The van der Waals surface area contributed by atoms with Gasteiger partial charge in [0.25, 0.3) is 0 Å². The molecule has 0 saturated heterocycles. The van der Waals surface area contributed by atoms with Crippen LogP contribution in [0.25, 0.3) is 0 Å². The van der Waals surface area contributed by atoms with Crippen molar-refractivity contribution < 1.29 is 9.53 Å². The molecule has 1 rings (SSSR count). The van der Waals surface area contributed by atoms with Crippen molar-refractivity contribution in [3.63, 3.8) is 0 Å². The lowest BCUT2D eigenvalue weighted by atomic mass is 9.93. The van der Waals surface area contributed by atoms with Crippen molar-refractivity contribution in [3.05, 3.63) is 6.33 Å². The minimum Gasteiger partial charge on any atom is -0.473 e. The quantitative estimate of drug-likeness (QED) is 0.701. The first-order chi connectivity index (χ1) is 8.74. The largest absolute Gasteiger partial charge is 0.473 e. The van der Waals surface area contributed by atoms with E-state index in [1.54, 1.807) is 13.8 Å². The number of aromatic nitrogens is 2. The lowest BCUT2D eigenvalue weighted by Gasteiger charge is -2.22. The van der Waals surface area contributed by atoms with Gasteiger partial charge in [-0.1, -0.05) is 0 Å². The number of rotatable bonds is 6. The Balaban J connectivity index is 2.82. The number of nitrogen functional groups attached to an aromatic ring is 1. The molecule has 0 aliphatic carbocycles. The summed E-state index contributed by atoms with van der Waals surface area (Å²) in [6, 6.07) is 0. The number of amides is 1. The number of nitrogens with one attached hydrogen (secondary N) is 1. The van der Waals surface area contributed by atoms with Crippen LogP contribution in [0.5, 0.6) is 5.88 Å². The molecule has 7 heteroatoms. The van der Waals surface area contributed by atoms with E-state index in [1.165, 1.54) is 6.33 Å². The minimum absolute atomic E-state index is 0.0351. The Morgan fingerprint density at radius 3 is 2.63 bits per heavy atom. The van der Waals surface area contributed by atoms with Gasteiger partial charge in [0.1, 0.15) is 12.0 Å². The van der Waals surface area contributed by atoms with Gasteiger partial charge in [-0.25, -0.2) is 4.98 Å². The van der Waals surface area contributed by atoms with Crippen LogP contribution >= 0.6 is 0 Å². The topological polar surface area (TPSA) is 116 Å². The van der Waals surface area contributed by atoms with Crippen LogP contribution in [0.4, 0.5) is 11.5 Å². The molecule has 0 bridgehead atoms. The third kappa shape index (κ3) is 3.97. The molecule has 0 aromatic carbocycles. The lowest BCUT2D eigenvalue weighted by molar-refractivity contribution is -0.125. The fourth-order valence-electron chi connectivity index (χ4n) is 1.23. The maximum atomic E-state index is 11.2. The molecule has 0 fully saturated rings. The maximum Gasteiger partial charge on any atom is 0.242 e. The molecule has 0 spiro atoms. The van der Waals surface area contributed by atoms with E-state index in [2.05, 4.69) is 15.3 Å². The first kappa shape index (κ1) is 15.0. The molecule has 5 N–H and O–H groups in total. The SMILES string of the molecule is CC(C)Oc1ncnc(NCC(C)(C)C(N)=O)c1N. The molecule has 19 heavy (non-hydrogen) atoms. The number of hydrogen-bond acceptors (Lipinski definition) is 6. The molecule has 0 aliphatic rings. The molecule has 1 aromatic heterocycles. The van der Waals surface area contributed by atoms with Crippen LogP contribution in [-0.2, 0) is 4.79 Å². The van der Waals surface area contributed by atoms with Gasteiger partial charge >= 0.3 is 0 Å². The van der Waals surface area contributed by atoms with Crippen molar-refractivity contribution in [2.75, 3.05) is 17.6 Å². The highest BCUT2D eigenvalue weighted by Gasteiger charge is 2.25. The third-order valence-corrected chi connectivity index (χ3v) is 2.56. The Kier molecular flexibility index (Phi) is 4.52. The van der Waals surface area contributed by atoms with Crippen LogP contribution in [0.3, 0.4) is 0 Å². The van der Waals surface area contributed by atoms with E-state index in [4.69, 9.17) is 16.2 Å². The summed E-state index contributed by atoms with van der Waals surface area (Å²) in [5.41, 5.74) is 10.8. The summed E-state index contributed by atoms with van der Waals surface area (Å²) in [5, 5.41) is 2.99. The van der Waals surface area contributed by atoms with E-state index in [9.17, 15) is 4.79 Å². The summed E-state index contributed by atoms with van der Waals surface area (Å²) < 4.78 is 5.46. The number of ether oxygens (including phenoxy) is 1. The second-order valence-electron chi connectivity index (χ2n) is 5.21. The summed E-state index contributed by atoms with van der Waals surface area (Å²) in [6.07, 6.45) is 1.32. The zero-order chi connectivity index (χ0) is 14.6. The van der Waals surface area contributed by atoms with E-state index in [1.807, 2.05) is 13.8 Å². The fraction of sp³-hybridized carbons (Fsp3) is 0.583. The first-order valence-corrected chi connectivity index (χ1v) is 6.05. The smallest absolute Gasteiger partial charge is 0.242 e. The van der Waals surface area contributed by atoms with Crippen LogP contribution in [-0.4, -0.2) is 28.5 Å². The van der Waals surface area contributed by atoms with Gasteiger partial charge in [0.05, 0.1) is 11.5 Å². The Bertz CT molecular complexity index is 459. The predicted octanol–water partition coefficient (Wildman–Crippen LogP) is 0.769. The van der Waals surface area contributed by atoms with Crippen LogP contribution in [0.1, 0.15) is 27.7 Å². The molecule has 0 atom stereocenters. The zero-order valence-corrected chi connectivity index (χ0v) is 11.7. The molecule has 7 nitrogen and oxygen atoms in total. The molecule has 1 amide bonds. The summed E-state index contributed by atoms with van der Waals surface area (Å²) in [4.78, 5) is 19.2. The van der Waals surface area contributed by atoms with E-state index >= 15 is 0 Å². The van der Waals surface area contributed by atoms with Crippen molar-refractivity contribution in [2.45, 2.75) is 33.8 Å². The van der Waals surface area contributed by atoms with E-state index in [-0.39, 0.29) is 6.10 Å². The predicted molar refractivity (Wildman–Crippen MR) is 73.7 cm³/mol. The van der Waals surface area contributed by atoms with E-state index in [0.717, 1.165) is 0 Å². The third-order valence-electron chi connectivity index (χ3n) is 2.56. The van der Waals surface area contributed by atoms with Gasteiger partial charge in [-0.15, -0.1) is 0 Å². The summed E-state index contributed by atoms with van der Waals surface area (Å²) in [5.74, 6) is 0.357. The van der Waals surface area contributed by atoms with Crippen molar-refractivity contribution in [1.29, 1.82) is 0 Å². The molecule has 0 saturated carbocycles. The monoisotopic (exact) mass is 267 g/mol. The average Bonchev–Trinajstić information content (AvgIpc) is 2.29. The number of hydrogen-bond donors (Lipinski definition) is 3. The highest BCUT2D eigenvalue weighted by molar-refractivity contribution is 5.80. The molecule has 0 radical (unpaired) electrons. The molecular weight excluding hydrogens is 246 g/mol. The molecule has 1 aromatic rings. The summed E-state index contributed by atoms with van der Waals surface area (Å²) in [7, 11) is 0. The number of carbonyl (C=O) groups is 1. The van der Waals surface area contributed by atoms with Gasteiger partial charge in [0.2, 0.25) is 11.8 Å². The van der Waals surface area contributed by atoms with Crippen LogP contribution < -0.4 is 21.5 Å². The summed E-state index contributed by atoms with van der Waals surface area (Å²) >= 11 is 0. The van der Waals surface area contributed by atoms with E-state index in [0.29, 0.717) is 23.9 Å². The second kappa shape index (κ2) is 5.73. The fourth-order valence-corrected chi connectivity index (χ4v) is 1.23. The number of primary amides is 1. The van der Waals surface area contributed by atoms with Gasteiger partial charge in [-0.2, -0.15) is 4.98 Å². The Hall–Kier alpha value is -2.05. The zero-order valence-electron chi connectivity index (χ0n) is 11.7. The maximum absolute atomic E-state index is 11.2. The standard InChI is InChI=1S/C12H21N5O2/c1-7(2)19-10-8(13)9(16-6-17-10)15-5-12(3,4)11(14)18/h6-7H,5,13H2,1-4H3,(H2,14,18)(H,15,16,17). The molecule has 1 heterocycles. The first-order valence-electron chi connectivity index (χ1n) is 6.05. The molecular formula is C12H21N5O2. The Labute approximate surface area is 112 Å². The highest BCUT2D eigenvalue weighted by atomic mass is 16.5. The molecule has 106 valence electrons. The van der Waals surface area contributed by atoms with E-state index < -0.39 is 11.3 Å². The number of nitrogens with zero attached hydrogens (tertiary/aromatic N) is 2. The second-order valence-corrected chi connectivity index (χ2v) is 5.21. The minimum atomic E-state index is -0.698. The van der Waals surface area contributed by atoms with Crippen LogP contribution in [0.2, 0.25) is 0 Å². The normalized spacial score (nSPS) is 11.4. The Morgan fingerprint density at radius 1 is 1.47 bits per heavy atom.